The molecule has 6 aliphatic carbocycles. The van der Waals surface area contributed by atoms with E-state index in [1.54, 1.807) is 12.1 Å². The Morgan fingerprint density at radius 1 is 0.531 bits per heavy atom. The first kappa shape index (κ1) is 35.9. The van der Waals surface area contributed by atoms with Crippen molar-refractivity contribution in [3.63, 3.8) is 0 Å². The summed E-state index contributed by atoms with van der Waals surface area (Å²) in [7, 11) is 0. The summed E-state index contributed by atoms with van der Waals surface area (Å²) in [5.41, 5.74) is 1.87. The molecule has 2 aromatic rings. The van der Waals surface area contributed by atoms with Crippen LogP contribution >= 0.6 is 0 Å². The summed E-state index contributed by atoms with van der Waals surface area (Å²) >= 11 is 0. The average Bonchev–Trinajstić information content (AvgIpc) is 3.13. The number of benzene rings is 2. The Kier molecular flexibility index (Phi) is 11.1. The second kappa shape index (κ2) is 15.1. The molecule has 6 saturated carbocycles. The molecule has 2 aromatic carbocycles. The van der Waals surface area contributed by atoms with Gasteiger partial charge in [0.1, 0.15) is 35.3 Å². The molecule has 6 aliphatic rings. The zero-order chi connectivity index (χ0) is 34.5. The first-order valence-corrected chi connectivity index (χ1v) is 19.8. The Bertz CT molecular complexity index is 1400. The van der Waals surface area contributed by atoms with Gasteiger partial charge in [-0.2, -0.15) is 10.5 Å². The molecule has 0 unspecified atom stereocenters. The quantitative estimate of drug-likeness (QED) is 0.167. The van der Waals surface area contributed by atoms with E-state index in [0.29, 0.717) is 46.3 Å². The molecular weight excluding hydrogens is 610 g/mol. The van der Waals surface area contributed by atoms with E-state index in [0.717, 1.165) is 38.5 Å². The predicted molar refractivity (Wildman–Crippen MR) is 192 cm³/mol. The molecule has 0 spiro atoms. The van der Waals surface area contributed by atoms with E-state index >= 15 is 8.78 Å². The zero-order valence-corrected chi connectivity index (χ0v) is 30.3. The number of hydrogen-bond acceptors (Lipinski definition) is 3. The first-order chi connectivity index (χ1) is 23.7. The van der Waals surface area contributed by atoms with Crippen LogP contribution in [0.2, 0.25) is 0 Å². The Morgan fingerprint density at radius 2 is 0.878 bits per heavy atom. The molecule has 5 heteroatoms. The molecule has 6 fully saturated rings. The van der Waals surface area contributed by atoms with Crippen LogP contribution in [0, 0.1) is 56.0 Å². The van der Waals surface area contributed by atoms with Crippen molar-refractivity contribution >= 4 is 0 Å². The number of unbranched alkanes of at least 4 members (excludes halogenated alkanes) is 6. The number of nitrogens with zero attached hydrogens (tertiary/aromatic N) is 2. The van der Waals surface area contributed by atoms with Gasteiger partial charge in [0.15, 0.2) is 0 Å². The maximum Gasteiger partial charge on any atom is 0.147 e. The normalized spacial score (nSPS) is 28.7. The van der Waals surface area contributed by atoms with Crippen molar-refractivity contribution in [2.75, 3.05) is 0 Å². The van der Waals surface area contributed by atoms with Gasteiger partial charge in [0.25, 0.3) is 0 Å². The lowest BCUT2D eigenvalue weighted by Crippen LogP contribution is -2.43. The molecule has 0 heterocycles. The highest BCUT2D eigenvalue weighted by Gasteiger charge is 2.50. The zero-order valence-electron chi connectivity index (χ0n) is 30.3. The van der Waals surface area contributed by atoms with Gasteiger partial charge in [0, 0.05) is 11.1 Å². The Morgan fingerprint density at radius 3 is 1.20 bits per heavy atom. The van der Waals surface area contributed by atoms with Crippen molar-refractivity contribution in [2.45, 2.75) is 168 Å². The van der Waals surface area contributed by atoms with E-state index in [9.17, 15) is 10.5 Å². The van der Waals surface area contributed by atoms with E-state index < -0.39 is 11.6 Å². The van der Waals surface area contributed by atoms with Crippen LogP contribution in [-0.2, 0) is 12.8 Å². The van der Waals surface area contributed by atoms with Crippen LogP contribution in [-0.4, -0.2) is 0 Å². The van der Waals surface area contributed by atoms with Crippen LogP contribution in [0.3, 0.4) is 0 Å². The minimum absolute atomic E-state index is 0.00311. The summed E-state index contributed by atoms with van der Waals surface area (Å²) in [6.07, 6.45) is 27.7. The molecule has 0 amide bonds. The summed E-state index contributed by atoms with van der Waals surface area (Å²) in [6.45, 7) is 4.52. The van der Waals surface area contributed by atoms with Crippen LogP contribution < -0.4 is 4.74 Å². The summed E-state index contributed by atoms with van der Waals surface area (Å²) in [5, 5.41) is 19.5. The van der Waals surface area contributed by atoms with Gasteiger partial charge >= 0.3 is 0 Å². The minimum atomic E-state index is -0.500. The van der Waals surface area contributed by atoms with Crippen molar-refractivity contribution in [3.05, 3.63) is 58.2 Å². The number of rotatable bonds is 16. The largest absolute Gasteiger partial charge is 0.457 e. The van der Waals surface area contributed by atoms with Gasteiger partial charge in [-0.3, -0.25) is 0 Å². The monoisotopic (exact) mass is 668 g/mol. The molecule has 0 saturated heterocycles. The SMILES string of the molecule is CCCCCCC12CCC(Cc3c(Oc4ccc(C#N)c(F)c4CC45CCC(CCCCCC)(CC4)CC5)ccc(C#N)c3F)(CC1)CC2. The first-order valence-electron chi connectivity index (χ1n) is 19.8. The third kappa shape index (κ3) is 7.58. The second-order valence-corrected chi connectivity index (χ2v) is 17.1. The Labute approximate surface area is 294 Å². The number of halogens is 2. The molecule has 0 radical (unpaired) electrons. The second-order valence-electron chi connectivity index (χ2n) is 17.1. The van der Waals surface area contributed by atoms with Gasteiger partial charge in [-0.15, -0.1) is 0 Å². The summed E-state index contributed by atoms with van der Waals surface area (Å²) in [4.78, 5) is 0. The highest BCUT2D eigenvalue weighted by Crippen LogP contribution is 2.62. The smallest absolute Gasteiger partial charge is 0.147 e. The third-order valence-electron chi connectivity index (χ3n) is 14.2. The van der Waals surface area contributed by atoms with Crippen molar-refractivity contribution in [2.24, 2.45) is 21.7 Å². The van der Waals surface area contributed by atoms with Gasteiger partial charge in [0.2, 0.25) is 0 Å². The molecule has 8 rings (SSSR count). The highest BCUT2D eigenvalue weighted by atomic mass is 19.1. The number of ether oxygens (including phenoxy) is 1. The fourth-order valence-electron chi connectivity index (χ4n) is 10.6. The lowest BCUT2D eigenvalue weighted by atomic mass is 9.51. The molecule has 4 bridgehead atoms. The molecular formula is C44H58F2N2O. The van der Waals surface area contributed by atoms with Gasteiger partial charge in [0.05, 0.1) is 11.1 Å². The molecule has 0 aliphatic heterocycles. The van der Waals surface area contributed by atoms with Crippen LogP contribution in [0.1, 0.15) is 177 Å². The Balaban J connectivity index is 1.22. The number of hydrogen-bond donors (Lipinski definition) is 0. The van der Waals surface area contributed by atoms with Crippen LogP contribution in [0.4, 0.5) is 8.78 Å². The fourth-order valence-corrected chi connectivity index (χ4v) is 10.6. The topological polar surface area (TPSA) is 56.8 Å². The molecule has 0 aromatic heterocycles. The Hall–Kier alpha value is -2.92. The molecule has 0 atom stereocenters. The van der Waals surface area contributed by atoms with E-state index in [1.165, 1.54) is 115 Å². The van der Waals surface area contributed by atoms with Crippen LogP contribution in [0.15, 0.2) is 24.3 Å². The summed E-state index contributed by atoms with van der Waals surface area (Å²) in [6, 6.07) is 10.5. The predicted octanol–water partition coefficient (Wildman–Crippen LogP) is 13.2. The summed E-state index contributed by atoms with van der Waals surface area (Å²) in [5.74, 6) is -0.232. The van der Waals surface area contributed by atoms with E-state index in [2.05, 4.69) is 13.8 Å². The minimum Gasteiger partial charge on any atom is -0.457 e. The van der Waals surface area contributed by atoms with E-state index in [-0.39, 0.29) is 22.0 Å². The van der Waals surface area contributed by atoms with Crippen molar-refractivity contribution in [1.82, 2.24) is 0 Å². The molecule has 49 heavy (non-hydrogen) atoms. The molecule has 3 nitrogen and oxygen atoms in total. The van der Waals surface area contributed by atoms with Crippen LogP contribution in [0.5, 0.6) is 11.5 Å². The molecule has 264 valence electrons. The standard InChI is InChI=1S/C44H58F2N2O/c1-3-5-7-9-15-41-17-23-43(24-18-41,25-19-41)29-35-37(13-11-33(31-47)39(35)45)49-38-14-12-34(32-48)40(46)36(38)30-44-26-20-42(21-27-44,22-28-44)16-10-8-6-4-2/h11-14H,3-10,15-30H2,1-2H3. The average molecular weight is 669 g/mol. The van der Waals surface area contributed by atoms with Crippen LogP contribution in [0.25, 0.3) is 0 Å². The lowest BCUT2D eigenvalue weighted by molar-refractivity contribution is -0.0164. The highest BCUT2D eigenvalue weighted by molar-refractivity contribution is 5.50. The fraction of sp³-hybridized carbons (Fsp3) is 0.682. The van der Waals surface area contributed by atoms with Crippen molar-refractivity contribution in [3.8, 4) is 23.6 Å². The van der Waals surface area contributed by atoms with Gasteiger partial charge in [-0.1, -0.05) is 65.2 Å². The maximum atomic E-state index is 16.2. The third-order valence-corrected chi connectivity index (χ3v) is 14.2. The van der Waals surface area contributed by atoms with Gasteiger partial charge < -0.3 is 4.74 Å². The van der Waals surface area contributed by atoms with Gasteiger partial charge in [-0.25, -0.2) is 8.78 Å². The maximum absolute atomic E-state index is 16.2. The van der Waals surface area contributed by atoms with E-state index in [1.807, 2.05) is 12.1 Å². The molecule has 0 N–H and O–H groups in total. The summed E-state index contributed by atoms with van der Waals surface area (Å²) < 4.78 is 38.9. The number of fused-ring (bicyclic) bond motifs is 6. The van der Waals surface area contributed by atoms with E-state index in [4.69, 9.17) is 4.74 Å². The van der Waals surface area contributed by atoms with Crippen molar-refractivity contribution < 1.29 is 13.5 Å². The lowest BCUT2D eigenvalue weighted by Gasteiger charge is -2.54. The number of nitriles is 2. The van der Waals surface area contributed by atoms with Crippen molar-refractivity contribution in [1.29, 1.82) is 10.5 Å². The van der Waals surface area contributed by atoms with Gasteiger partial charge in [-0.05, 0) is 149 Å².